The molecule has 0 fully saturated rings. The summed E-state index contributed by atoms with van der Waals surface area (Å²) in [6.45, 7) is 18.4. The minimum Gasteiger partial charge on any atom is -0.0757 e. The third kappa shape index (κ3) is 10.3. The first-order valence-electron chi connectivity index (χ1n) is 8.53. The zero-order valence-corrected chi connectivity index (χ0v) is 15.4. The summed E-state index contributed by atoms with van der Waals surface area (Å²) in [6, 6.07) is 0. The maximum atomic E-state index is 2.51. The number of rotatable bonds is 7. The van der Waals surface area contributed by atoms with Crippen molar-refractivity contribution in [1.29, 1.82) is 0 Å². The molecule has 0 saturated carbocycles. The first-order chi connectivity index (χ1) is 9.09. The molecule has 0 radical (unpaired) electrons. The van der Waals surface area contributed by atoms with Crippen LogP contribution in [0.2, 0.25) is 0 Å². The smallest absolute Gasteiger partial charge is 0.0197 e. The van der Waals surface area contributed by atoms with E-state index in [0.29, 0.717) is 0 Å². The van der Waals surface area contributed by atoms with Crippen molar-refractivity contribution in [3.8, 4) is 0 Å². The number of unbranched alkanes of at least 4 members (excludes halogenated alkanes) is 2. The van der Waals surface area contributed by atoms with Crippen molar-refractivity contribution < 1.29 is 0 Å². The minimum atomic E-state index is 0.270. The van der Waals surface area contributed by atoms with Gasteiger partial charge in [-0.2, -0.15) is 0 Å². The van der Waals surface area contributed by atoms with Crippen molar-refractivity contribution in [3.05, 3.63) is 23.3 Å². The molecule has 0 aromatic heterocycles. The average Bonchev–Trinajstić information content (AvgIpc) is 2.27. The van der Waals surface area contributed by atoms with Gasteiger partial charge in [-0.25, -0.2) is 0 Å². The molecule has 0 saturated heterocycles. The summed E-state index contributed by atoms with van der Waals surface area (Å²) in [7, 11) is 0. The first-order valence-corrected chi connectivity index (χ1v) is 8.53. The average molecular weight is 279 g/mol. The van der Waals surface area contributed by atoms with Crippen LogP contribution in [0.1, 0.15) is 93.9 Å². The van der Waals surface area contributed by atoms with Crippen LogP contribution in [-0.4, -0.2) is 0 Å². The maximum absolute atomic E-state index is 2.51. The van der Waals surface area contributed by atoms with Crippen LogP contribution in [0, 0.1) is 10.8 Å². The summed E-state index contributed by atoms with van der Waals surface area (Å²) in [5, 5.41) is 0. The molecular weight excluding hydrogens is 240 g/mol. The third-order valence-corrected chi connectivity index (χ3v) is 3.23. The number of allylic oxidation sites excluding steroid dienone is 4. The highest BCUT2D eigenvalue weighted by atomic mass is 14.2. The quantitative estimate of drug-likeness (QED) is 0.428. The van der Waals surface area contributed by atoms with E-state index < -0.39 is 0 Å². The SMILES string of the molecule is CCCCC(=CC(C)(C)C)C(=CC(C)(C)C)CCCC. The van der Waals surface area contributed by atoms with Crippen LogP contribution in [0.4, 0.5) is 0 Å². The third-order valence-electron chi connectivity index (χ3n) is 3.23. The molecule has 0 nitrogen and oxygen atoms in total. The highest BCUT2D eigenvalue weighted by Crippen LogP contribution is 2.31. The van der Waals surface area contributed by atoms with Crippen LogP contribution in [0.5, 0.6) is 0 Å². The van der Waals surface area contributed by atoms with Crippen LogP contribution >= 0.6 is 0 Å². The Labute approximate surface area is 128 Å². The Kier molecular flexibility index (Phi) is 8.47. The van der Waals surface area contributed by atoms with E-state index >= 15 is 0 Å². The number of hydrogen-bond acceptors (Lipinski definition) is 0. The Balaban J connectivity index is 5.39. The molecular formula is C20H38. The van der Waals surface area contributed by atoms with Crippen LogP contribution < -0.4 is 0 Å². The fourth-order valence-corrected chi connectivity index (χ4v) is 2.43. The Bertz CT molecular complexity index is 281. The molecule has 0 heterocycles. The molecule has 0 bridgehead atoms. The van der Waals surface area contributed by atoms with E-state index in [9.17, 15) is 0 Å². The molecule has 20 heavy (non-hydrogen) atoms. The zero-order valence-electron chi connectivity index (χ0n) is 15.4. The van der Waals surface area contributed by atoms with Gasteiger partial charge in [0.15, 0.2) is 0 Å². The van der Waals surface area contributed by atoms with Crippen molar-refractivity contribution >= 4 is 0 Å². The van der Waals surface area contributed by atoms with Gasteiger partial charge in [0.25, 0.3) is 0 Å². The molecule has 0 rings (SSSR count). The van der Waals surface area contributed by atoms with Gasteiger partial charge < -0.3 is 0 Å². The minimum absolute atomic E-state index is 0.270. The van der Waals surface area contributed by atoms with E-state index in [2.05, 4.69) is 67.5 Å². The zero-order chi connectivity index (χ0) is 15.8. The highest BCUT2D eigenvalue weighted by molar-refractivity contribution is 5.33. The summed E-state index contributed by atoms with van der Waals surface area (Å²) >= 11 is 0. The Morgan fingerprint density at radius 3 is 1.15 bits per heavy atom. The standard InChI is InChI=1S/C20H38/c1-9-11-13-17(15-19(3,4)5)18(14-12-10-2)16-20(6,7)8/h15-16H,9-14H2,1-8H3. The molecule has 0 spiro atoms. The molecule has 0 heteroatoms. The fraction of sp³-hybridized carbons (Fsp3) is 0.800. The monoisotopic (exact) mass is 278 g/mol. The largest absolute Gasteiger partial charge is 0.0757 e. The van der Waals surface area contributed by atoms with Crippen LogP contribution in [0.15, 0.2) is 23.3 Å². The van der Waals surface area contributed by atoms with Gasteiger partial charge in [-0.15, -0.1) is 0 Å². The summed E-state index contributed by atoms with van der Waals surface area (Å²) in [4.78, 5) is 0. The predicted molar refractivity (Wildman–Crippen MR) is 94.1 cm³/mol. The van der Waals surface area contributed by atoms with Crippen molar-refractivity contribution in [3.63, 3.8) is 0 Å². The molecule has 0 aromatic carbocycles. The lowest BCUT2D eigenvalue weighted by Crippen LogP contribution is -2.07. The van der Waals surface area contributed by atoms with Crippen molar-refractivity contribution in [1.82, 2.24) is 0 Å². The molecule has 0 aromatic rings. The summed E-state index contributed by atoms with van der Waals surface area (Å²) < 4.78 is 0. The highest BCUT2D eigenvalue weighted by Gasteiger charge is 2.15. The normalized spacial score (nSPS) is 14.8. The Hall–Kier alpha value is -0.520. The van der Waals surface area contributed by atoms with Crippen LogP contribution in [-0.2, 0) is 0 Å². The molecule has 0 aliphatic rings. The van der Waals surface area contributed by atoms with E-state index in [1.54, 1.807) is 11.1 Å². The second-order valence-electron chi connectivity index (χ2n) is 8.28. The second-order valence-corrected chi connectivity index (χ2v) is 8.28. The molecule has 0 unspecified atom stereocenters. The summed E-state index contributed by atoms with van der Waals surface area (Å²) in [6.07, 6.45) is 12.6. The number of hydrogen-bond donors (Lipinski definition) is 0. The maximum Gasteiger partial charge on any atom is -0.0197 e. The molecule has 0 amide bonds. The second kappa shape index (κ2) is 8.70. The Morgan fingerprint density at radius 1 is 0.650 bits per heavy atom. The lowest BCUT2D eigenvalue weighted by molar-refractivity contribution is 0.526. The van der Waals surface area contributed by atoms with E-state index in [0.717, 1.165) is 0 Å². The van der Waals surface area contributed by atoms with Gasteiger partial charge in [0, 0.05) is 0 Å². The lowest BCUT2D eigenvalue weighted by Gasteiger charge is -2.22. The van der Waals surface area contributed by atoms with Gasteiger partial charge in [-0.1, -0.05) is 80.4 Å². The van der Waals surface area contributed by atoms with E-state index in [1.165, 1.54) is 38.5 Å². The Morgan fingerprint density at radius 2 is 0.950 bits per heavy atom. The van der Waals surface area contributed by atoms with Gasteiger partial charge in [0.1, 0.15) is 0 Å². The molecule has 0 N–H and O–H groups in total. The van der Waals surface area contributed by atoms with Gasteiger partial charge in [0.2, 0.25) is 0 Å². The van der Waals surface area contributed by atoms with Crippen molar-refractivity contribution in [2.75, 3.05) is 0 Å². The molecule has 0 aliphatic carbocycles. The lowest BCUT2D eigenvalue weighted by atomic mass is 9.83. The van der Waals surface area contributed by atoms with Crippen molar-refractivity contribution in [2.24, 2.45) is 10.8 Å². The van der Waals surface area contributed by atoms with Gasteiger partial charge in [-0.3, -0.25) is 0 Å². The van der Waals surface area contributed by atoms with E-state index in [-0.39, 0.29) is 10.8 Å². The summed E-state index contributed by atoms with van der Waals surface area (Å²) in [5.41, 5.74) is 3.74. The van der Waals surface area contributed by atoms with Gasteiger partial charge >= 0.3 is 0 Å². The van der Waals surface area contributed by atoms with Crippen LogP contribution in [0.25, 0.3) is 0 Å². The van der Waals surface area contributed by atoms with E-state index in [1.807, 2.05) is 0 Å². The molecule has 0 atom stereocenters. The summed E-state index contributed by atoms with van der Waals surface area (Å²) in [5.74, 6) is 0. The predicted octanol–water partition coefficient (Wildman–Crippen LogP) is 7.31. The topological polar surface area (TPSA) is 0 Å². The molecule has 0 aliphatic heterocycles. The van der Waals surface area contributed by atoms with Gasteiger partial charge in [-0.05, 0) is 47.7 Å². The fourth-order valence-electron chi connectivity index (χ4n) is 2.43. The van der Waals surface area contributed by atoms with Crippen molar-refractivity contribution in [2.45, 2.75) is 93.9 Å². The van der Waals surface area contributed by atoms with Gasteiger partial charge in [0.05, 0.1) is 0 Å². The molecule has 118 valence electrons. The van der Waals surface area contributed by atoms with Crippen LogP contribution in [0.3, 0.4) is 0 Å². The first kappa shape index (κ1) is 19.5. The van der Waals surface area contributed by atoms with E-state index in [4.69, 9.17) is 0 Å².